The summed E-state index contributed by atoms with van der Waals surface area (Å²) in [4.78, 5) is 6.89. The number of hydrogen-bond donors (Lipinski definition) is 0. The van der Waals surface area contributed by atoms with Gasteiger partial charge in [-0.2, -0.15) is 5.26 Å². The summed E-state index contributed by atoms with van der Waals surface area (Å²) >= 11 is 1.55. The molecular formula is C20H17N3OS. The number of nitriles is 1. The van der Waals surface area contributed by atoms with Gasteiger partial charge in [0.1, 0.15) is 11.1 Å². The Bertz CT molecular complexity index is 914. The number of allylic oxidation sites excluding steroid dienone is 1. The van der Waals surface area contributed by atoms with Gasteiger partial charge in [0.2, 0.25) is 0 Å². The second-order valence-electron chi connectivity index (χ2n) is 5.85. The Balaban J connectivity index is 1.60. The van der Waals surface area contributed by atoms with Gasteiger partial charge in [0.05, 0.1) is 29.0 Å². The summed E-state index contributed by atoms with van der Waals surface area (Å²) in [6, 6.07) is 18.6. The van der Waals surface area contributed by atoms with Gasteiger partial charge < -0.3 is 9.64 Å². The summed E-state index contributed by atoms with van der Waals surface area (Å²) in [5.41, 5.74) is 3.73. The number of morpholine rings is 1. The molecular weight excluding hydrogens is 330 g/mol. The normalized spacial score (nSPS) is 15.3. The third-order valence-electron chi connectivity index (χ3n) is 4.23. The molecule has 4 rings (SSSR count). The molecule has 0 saturated carbocycles. The van der Waals surface area contributed by atoms with Crippen LogP contribution in [-0.2, 0) is 4.74 Å². The zero-order valence-electron chi connectivity index (χ0n) is 13.7. The van der Waals surface area contributed by atoms with Gasteiger partial charge in [0.25, 0.3) is 0 Å². The van der Waals surface area contributed by atoms with E-state index in [2.05, 4.69) is 40.2 Å². The van der Waals surface area contributed by atoms with Crippen LogP contribution in [0.1, 0.15) is 10.6 Å². The molecule has 0 bridgehead atoms. The number of fused-ring (bicyclic) bond motifs is 1. The molecule has 1 fully saturated rings. The van der Waals surface area contributed by atoms with Crippen LogP contribution in [0.4, 0.5) is 5.69 Å². The van der Waals surface area contributed by atoms with Crippen molar-refractivity contribution in [1.29, 1.82) is 5.26 Å². The van der Waals surface area contributed by atoms with Crippen LogP contribution in [0.2, 0.25) is 0 Å². The molecule has 0 spiro atoms. The SMILES string of the molecule is N#C/C(=C/c1ccc(N2CCOCC2)cc1)c1nc2ccccc2s1. The number of benzene rings is 2. The Kier molecular flexibility index (Phi) is 4.47. The Hall–Kier alpha value is -2.68. The third-order valence-corrected chi connectivity index (χ3v) is 5.29. The maximum absolute atomic E-state index is 9.55. The number of anilines is 1. The van der Waals surface area contributed by atoms with Gasteiger partial charge in [-0.05, 0) is 35.9 Å². The molecule has 0 aliphatic carbocycles. The van der Waals surface area contributed by atoms with Crippen molar-refractivity contribution in [1.82, 2.24) is 4.98 Å². The molecule has 1 saturated heterocycles. The summed E-state index contributed by atoms with van der Waals surface area (Å²) in [5.74, 6) is 0. The van der Waals surface area contributed by atoms with Crippen LogP contribution in [-0.4, -0.2) is 31.3 Å². The average molecular weight is 347 g/mol. The summed E-state index contributed by atoms with van der Waals surface area (Å²) in [6.07, 6.45) is 1.90. The molecule has 0 amide bonds. The van der Waals surface area contributed by atoms with Crippen molar-refractivity contribution in [3.8, 4) is 6.07 Å². The fraction of sp³-hybridized carbons (Fsp3) is 0.200. The Labute approximate surface area is 150 Å². The molecule has 1 aromatic heterocycles. The highest BCUT2D eigenvalue weighted by Crippen LogP contribution is 2.28. The van der Waals surface area contributed by atoms with Crippen molar-refractivity contribution < 1.29 is 4.74 Å². The second kappa shape index (κ2) is 7.06. The molecule has 0 atom stereocenters. The quantitative estimate of drug-likeness (QED) is 0.666. The van der Waals surface area contributed by atoms with E-state index in [0.717, 1.165) is 47.1 Å². The van der Waals surface area contributed by atoms with E-state index < -0.39 is 0 Å². The van der Waals surface area contributed by atoms with E-state index >= 15 is 0 Å². The molecule has 124 valence electrons. The number of aromatic nitrogens is 1. The van der Waals surface area contributed by atoms with Gasteiger partial charge in [-0.3, -0.25) is 0 Å². The number of hydrogen-bond acceptors (Lipinski definition) is 5. The van der Waals surface area contributed by atoms with E-state index in [9.17, 15) is 5.26 Å². The van der Waals surface area contributed by atoms with Crippen LogP contribution in [0, 0.1) is 11.3 Å². The topological polar surface area (TPSA) is 49.2 Å². The van der Waals surface area contributed by atoms with Crippen molar-refractivity contribution in [3.63, 3.8) is 0 Å². The molecule has 2 aromatic carbocycles. The van der Waals surface area contributed by atoms with Crippen molar-refractivity contribution in [2.45, 2.75) is 0 Å². The molecule has 4 nitrogen and oxygen atoms in total. The Morgan fingerprint density at radius 1 is 1.12 bits per heavy atom. The summed E-state index contributed by atoms with van der Waals surface area (Å²) in [5, 5.41) is 10.3. The van der Waals surface area contributed by atoms with E-state index in [-0.39, 0.29) is 0 Å². The zero-order valence-corrected chi connectivity index (χ0v) is 14.5. The van der Waals surface area contributed by atoms with Gasteiger partial charge in [0.15, 0.2) is 0 Å². The standard InChI is InChI=1S/C20H17N3OS/c21-14-16(20-22-18-3-1-2-4-19(18)25-20)13-15-5-7-17(8-6-15)23-9-11-24-12-10-23/h1-8,13H,9-12H2/b16-13-. The second-order valence-corrected chi connectivity index (χ2v) is 6.88. The largest absolute Gasteiger partial charge is 0.378 e. The van der Waals surface area contributed by atoms with E-state index in [1.165, 1.54) is 5.69 Å². The van der Waals surface area contributed by atoms with Gasteiger partial charge in [-0.1, -0.05) is 24.3 Å². The first-order valence-corrected chi connectivity index (χ1v) is 9.06. The zero-order chi connectivity index (χ0) is 17.1. The first kappa shape index (κ1) is 15.8. The van der Waals surface area contributed by atoms with Crippen LogP contribution >= 0.6 is 11.3 Å². The van der Waals surface area contributed by atoms with Gasteiger partial charge in [0, 0.05) is 18.8 Å². The van der Waals surface area contributed by atoms with Crippen molar-refractivity contribution in [2.75, 3.05) is 31.2 Å². The number of para-hydroxylation sites is 1. The highest BCUT2D eigenvalue weighted by Gasteiger charge is 2.11. The van der Waals surface area contributed by atoms with Crippen LogP contribution in [0.15, 0.2) is 48.5 Å². The minimum Gasteiger partial charge on any atom is -0.378 e. The van der Waals surface area contributed by atoms with Crippen LogP contribution in [0.5, 0.6) is 0 Å². The predicted octanol–water partition coefficient (Wildman–Crippen LogP) is 4.20. The Morgan fingerprint density at radius 2 is 1.88 bits per heavy atom. The lowest BCUT2D eigenvalue weighted by Gasteiger charge is -2.28. The van der Waals surface area contributed by atoms with Gasteiger partial charge in [-0.15, -0.1) is 11.3 Å². The van der Waals surface area contributed by atoms with E-state index in [1.54, 1.807) is 11.3 Å². The maximum atomic E-state index is 9.55. The lowest BCUT2D eigenvalue weighted by atomic mass is 10.1. The Morgan fingerprint density at radius 3 is 2.60 bits per heavy atom. The minimum absolute atomic E-state index is 0.598. The minimum atomic E-state index is 0.598. The first-order valence-electron chi connectivity index (χ1n) is 8.24. The first-order chi connectivity index (χ1) is 12.3. The summed E-state index contributed by atoms with van der Waals surface area (Å²) in [7, 11) is 0. The summed E-state index contributed by atoms with van der Waals surface area (Å²) < 4.78 is 6.49. The molecule has 0 unspecified atom stereocenters. The van der Waals surface area contributed by atoms with Crippen molar-refractivity contribution in [3.05, 3.63) is 59.1 Å². The van der Waals surface area contributed by atoms with E-state index in [0.29, 0.717) is 5.57 Å². The molecule has 0 N–H and O–H groups in total. The fourth-order valence-electron chi connectivity index (χ4n) is 2.90. The summed E-state index contributed by atoms with van der Waals surface area (Å²) in [6.45, 7) is 3.39. The molecule has 3 aromatic rings. The number of thiazole rings is 1. The lowest BCUT2D eigenvalue weighted by Crippen LogP contribution is -2.36. The smallest absolute Gasteiger partial charge is 0.135 e. The molecule has 1 aliphatic rings. The van der Waals surface area contributed by atoms with E-state index in [4.69, 9.17) is 4.74 Å². The van der Waals surface area contributed by atoms with Gasteiger partial charge >= 0.3 is 0 Å². The molecule has 1 aliphatic heterocycles. The lowest BCUT2D eigenvalue weighted by molar-refractivity contribution is 0.122. The number of nitrogens with zero attached hydrogens (tertiary/aromatic N) is 3. The third kappa shape index (κ3) is 3.41. The van der Waals surface area contributed by atoms with Crippen LogP contribution in [0.3, 0.4) is 0 Å². The van der Waals surface area contributed by atoms with Crippen LogP contribution < -0.4 is 4.90 Å². The maximum Gasteiger partial charge on any atom is 0.135 e. The van der Waals surface area contributed by atoms with E-state index in [1.807, 2.05) is 30.3 Å². The molecule has 2 heterocycles. The predicted molar refractivity (Wildman–Crippen MR) is 103 cm³/mol. The van der Waals surface area contributed by atoms with Gasteiger partial charge in [-0.25, -0.2) is 4.98 Å². The average Bonchev–Trinajstić information content (AvgIpc) is 3.11. The highest BCUT2D eigenvalue weighted by atomic mass is 32.1. The van der Waals surface area contributed by atoms with Crippen molar-refractivity contribution >= 4 is 38.9 Å². The molecule has 0 radical (unpaired) electrons. The molecule has 5 heteroatoms. The van der Waals surface area contributed by atoms with Crippen molar-refractivity contribution in [2.24, 2.45) is 0 Å². The molecule has 25 heavy (non-hydrogen) atoms. The number of ether oxygens (including phenoxy) is 1. The van der Waals surface area contributed by atoms with Crippen LogP contribution in [0.25, 0.3) is 21.9 Å². The fourth-order valence-corrected chi connectivity index (χ4v) is 3.83. The number of rotatable bonds is 3. The monoisotopic (exact) mass is 347 g/mol. The highest BCUT2D eigenvalue weighted by molar-refractivity contribution is 7.19.